The van der Waals surface area contributed by atoms with Crippen molar-refractivity contribution in [2.75, 3.05) is 0 Å². The van der Waals surface area contributed by atoms with Crippen LogP contribution in [0.5, 0.6) is 0 Å². The third-order valence-electron chi connectivity index (χ3n) is 2.29. The van der Waals surface area contributed by atoms with Gasteiger partial charge >= 0.3 is 0 Å². The third kappa shape index (κ3) is 8.13. The fraction of sp³-hybridized carbons (Fsp3) is 0.615. The van der Waals surface area contributed by atoms with Crippen LogP contribution in [0.3, 0.4) is 0 Å². The van der Waals surface area contributed by atoms with Gasteiger partial charge in [0.25, 0.3) is 0 Å². The zero-order valence-corrected chi connectivity index (χ0v) is 10.2. The molecule has 0 aliphatic rings. The van der Waals surface area contributed by atoms with Gasteiger partial charge in [0.1, 0.15) is 0 Å². The van der Waals surface area contributed by atoms with Gasteiger partial charge in [0.05, 0.1) is 6.10 Å². The van der Waals surface area contributed by atoms with E-state index < -0.39 is 6.10 Å². The highest BCUT2D eigenvalue weighted by molar-refractivity contribution is 5.87. The van der Waals surface area contributed by atoms with Gasteiger partial charge in [0, 0.05) is 0 Å². The van der Waals surface area contributed by atoms with E-state index in [1.54, 1.807) is 6.08 Å². The molecule has 15 heavy (non-hydrogen) atoms. The third-order valence-corrected chi connectivity index (χ3v) is 2.29. The largest absolute Gasteiger partial charge is 0.389 e. The van der Waals surface area contributed by atoms with Crippen LogP contribution >= 0.6 is 0 Å². The van der Waals surface area contributed by atoms with E-state index >= 15 is 0 Å². The molecule has 1 unspecified atom stereocenters. The number of aliphatic hydroxyl groups is 1. The lowest BCUT2D eigenvalue weighted by molar-refractivity contribution is -0.112. The molecule has 0 spiro atoms. The molecule has 1 N–H and O–H groups in total. The minimum absolute atomic E-state index is 0.0226. The first-order chi connectivity index (χ1) is 6.93. The first kappa shape index (κ1) is 14.1. The SMILES string of the molecule is CC(=O)/C=C/C(O)[C@H](C)CCC=C(C)C. The van der Waals surface area contributed by atoms with E-state index in [0.717, 1.165) is 12.8 Å². The summed E-state index contributed by atoms with van der Waals surface area (Å²) >= 11 is 0. The molecule has 0 aromatic heterocycles. The number of carbonyl (C=O) groups is 1. The second kappa shape index (κ2) is 7.41. The summed E-state index contributed by atoms with van der Waals surface area (Å²) in [5, 5.41) is 9.67. The molecule has 2 heteroatoms. The second-order valence-electron chi connectivity index (χ2n) is 4.30. The number of ketones is 1. The summed E-state index contributed by atoms with van der Waals surface area (Å²) in [7, 11) is 0. The molecule has 0 radical (unpaired) electrons. The highest BCUT2D eigenvalue weighted by Gasteiger charge is 2.09. The summed E-state index contributed by atoms with van der Waals surface area (Å²) in [6.07, 6.45) is 6.58. The van der Waals surface area contributed by atoms with Crippen LogP contribution in [0, 0.1) is 5.92 Å². The maximum absolute atomic E-state index is 10.7. The fourth-order valence-corrected chi connectivity index (χ4v) is 1.23. The zero-order valence-electron chi connectivity index (χ0n) is 10.2. The summed E-state index contributed by atoms with van der Waals surface area (Å²) in [6, 6.07) is 0. The molecular formula is C13H22O2. The Morgan fingerprint density at radius 3 is 2.40 bits per heavy atom. The Kier molecular flexibility index (Phi) is 6.97. The summed E-state index contributed by atoms with van der Waals surface area (Å²) < 4.78 is 0. The van der Waals surface area contributed by atoms with Gasteiger partial charge < -0.3 is 5.11 Å². The topological polar surface area (TPSA) is 37.3 Å². The van der Waals surface area contributed by atoms with E-state index in [9.17, 15) is 9.90 Å². The Morgan fingerprint density at radius 1 is 1.33 bits per heavy atom. The molecule has 86 valence electrons. The van der Waals surface area contributed by atoms with Crippen LogP contribution in [0.2, 0.25) is 0 Å². The van der Waals surface area contributed by atoms with Crippen molar-refractivity contribution in [3.8, 4) is 0 Å². The number of hydrogen-bond acceptors (Lipinski definition) is 2. The molecule has 0 aromatic rings. The van der Waals surface area contributed by atoms with Crippen LogP contribution in [0.4, 0.5) is 0 Å². The molecule has 0 aromatic carbocycles. The van der Waals surface area contributed by atoms with Crippen LogP contribution in [-0.4, -0.2) is 17.0 Å². The molecule has 0 aliphatic carbocycles. The lowest BCUT2D eigenvalue weighted by atomic mass is 9.98. The Labute approximate surface area is 92.7 Å². The van der Waals surface area contributed by atoms with Crippen LogP contribution in [-0.2, 0) is 4.79 Å². The lowest BCUT2D eigenvalue weighted by Gasteiger charge is -2.14. The van der Waals surface area contributed by atoms with Crippen LogP contribution in [0.25, 0.3) is 0 Å². The predicted octanol–water partition coefficient (Wildman–Crippen LogP) is 2.88. The van der Waals surface area contributed by atoms with Crippen molar-refractivity contribution in [3.05, 3.63) is 23.8 Å². The Bertz CT molecular complexity index is 247. The molecule has 0 saturated carbocycles. The summed E-state index contributed by atoms with van der Waals surface area (Å²) in [6.45, 7) is 7.61. The van der Waals surface area contributed by atoms with Crippen molar-refractivity contribution < 1.29 is 9.90 Å². The van der Waals surface area contributed by atoms with E-state index in [0.29, 0.717) is 0 Å². The van der Waals surface area contributed by atoms with Crippen molar-refractivity contribution in [2.24, 2.45) is 5.92 Å². The van der Waals surface area contributed by atoms with Crippen LogP contribution in [0.1, 0.15) is 40.5 Å². The standard InChI is InChI=1S/C13H22O2/c1-10(2)6-5-7-11(3)13(15)9-8-12(4)14/h6,8-9,11,13,15H,5,7H2,1-4H3/b9-8+/t11-,13?/m1/s1. The van der Waals surface area contributed by atoms with Gasteiger partial charge in [-0.25, -0.2) is 0 Å². The van der Waals surface area contributed by atoms with E-state index in [1.165, 1.54) is 18.6 Å². The van der Waals surface area contributed by atoms with Crippen molar-refractivity contribution in [1.82, 2.24) is 0 Å². The molecule has 0 fully saturated rings. The Hall–Kier alpha value is -0.890. The van der Waals surface area contributed by atoms with Gasteiger partial charge in [-0.15, -0.1) is 0 Å². The quantitative estimate of drug-likeness (QED) is 0.540. The van der Waals surface area contributed by atoms with Gasteiger partial charge in [-0.05, 0) is 45.6 Å². The average Bonchev–Trinajstić information content (AvgIpc) is 2.13. The minimum Gasteiger partial charge on any atom is -0.389 e. The normalized spacial score (nSPS) is 15.0. The first-order valence-electron chi connectivity index (χ1n) is 5.43. The molecule has 0 amide bonds. The lowest BCUT2D eigenvalue weighted by Crippen LogP contribution is -2.14. The maximum atomic E-state index is 10.7. The molecule has 0 heterocycles. The molecule has 2 atom stereocenters. The smallest absolute Gasteiger partial charge is 0.152 e. The minimum atomic E-state index is -0.514. The summed E-state index contributed by atoms with van der Waals surface area (Å²) in [4.78, 5) is 10.7. The van der Waals surface area contributed by atoms with Crippen molar-refractivity contribution in [2.45, 2.75) is 46.6 Å². The van der Waals surface area contributed by atoms with E-state index in [-0.39, 0.29) is 11.7 Å². The highest BCUT2D eigenvalue weighted by atomic mass is 16.3. The van der Waals surface area contributed by atoms with Crippen molar-refractivity contribution >= 4 is 5.78 Å². The number of allylic oxidation sites excluding steroid dienone is 3. The highest BCUT2D eigenvalue weighted by Crippen LogP contribution is 2.13. The van der Waals surface area contributed by atoms with Gasteiger partial charge in [0.2, 0.25) is 0 Å². The monoisotopic (exact) mass is 210 g/mol. The number of aliphatic hydroxyl groups excluding tert-OH is 1. The molecule has 0 bridgehead atoms. The summed E-state index contributed by atoms with van der Waals surface area (Å²) in [5.41, 5.74) is 1.30. The van der Waals surface area contributed by atoms with E-state index in [1.807, 2.05) is 6.92 Å². The number of rotatable bonds is 6. The van der Waals surface area contributed by atoms with E-state index in [2.05, 4.69) is 19.9 Å². The van der Waals surface area contributed by atoms with Gasteiger partial charge in [0.15, 0.2) is 5.78 Å². The maximum Gasteiger partial charge on any atom is 0.152 e. The van der Waals surface area contributed by atoms with Crippen LogP contribution in [0.15, 0.2) is 23.8 Å². The molecule has 2 nitrogen and oxygen atoms in total. The molecular weight excluding hydrogens is 188 g/mol. The zero-order chi connectivity index (χ0) is 11.8. The van der Waals surface area contributed by atoms with Gasteiger partial charge in [-0.1, -0.05) is 24.6 Å². The molecule has 0 rings (SSSR count). The average molecular weight is 210 g/mol. The first-order valence-corrected chi connectivity index (χ1v) is 5.43. The second-order valence-corrected chi connectivity index (χ2v) is 4.30. The Morgan fingerprint density at radius 2 is 1.93 bits per heavy atom. The Balaban J connectivity index is 3.94. The van der Waals surface area contributed by atoms with Gasteiger partial charge in [-0.2, -0.15) is 0 Å². The van der Waals surface area contributed by atoms with E-state index in [4.69, 9.17) is 0 Å². The number of carbonyl (C=O) groups excluding carboxylic acids is 1. The van der Waals surface area contributed by atoms with Crippen molar-refractivity contribution in [3.63, 3.8) is 0 Å². The summed E-state index contributed by atoms with van der Waals surface area (Å²) in [5.74, 6) is 0.168. The number of hydrogen-bond donors (Lipinski definition) is 1. The van der Waals surface area contributed by atoms with Crippen LogP contribution < -0.4 is 0 Å². The predicted molar refractivity (Wildman–Crippen MR) is 63.7 cm³/mol. The van der Waals surface area contributed by atoms with Crippen molar-refractivity contribution in [1.29, 1.82) is 0 Å². The molecule has 0 saturated heterocycles. The van der Waals surface area contributed by atoms with Gasteiger partial charge in [-0.3, -0.25) is 4.79 Å². The fourth-order valence-electron chi connectivity index (χ4n) is 1.23. The molecule has 0 aliphatic heterocycles.